The van der Waals surface area contributed by atoms with Gasteiger partial charge in [0.15, 0.2) is 5.78 Å². The molecule has 0 amide bonds. The summed E-state index contributed by atoms with van der Waals surface area (Å²) < 4.78 is 5.94. The number of ketones is 1. The topological polar surface area (TPSA) is 38.3 Å². The van der Waals surface area contributed by atoms with Crippen molar-refractivity contribution in [2.75, 3.05) is 13.2 Å². The molecule has 0 aromatic heterocycles. The summed E-state index contributed by atoms with van der Waals surface area (Å²) in [6.07, 6.45) is 5.61. The van der Waals surface area contributed by atoms with Gasteiger partial charge in [-0.1, -0.05) is 30.3 Å². The average Bonchev–Trinajstić information content (AvgIpc) is 2.92. The zero-order valence-corrected chi connectivity index (χ0v) is 11.9. The van der Waals surface area contributed by atoms with Crippen molar-refractivity contribution < 1.29 is 9.53 Å². The minimum atomic E-state index is -0.0538. The molecule has 1 heterocycles. The van der Waals surface area contributed by atoms with Crippen LogP contribution in [0.1, 0.15) is 43.6 Å². The van der Waals surface area contributed by atoms with Crippen LogP contribution in [0.5, 0.6) is 0 Å². The first kappa shape index (κ1) is 13.8. The number of hydrogen-bond acceptors (Lipinski definition) is 3. The van der Waals surface area contributed by atoms with Crippen molar-refractivity contribution in [2.45, 2.75) is 50.2 Å². The minimum absolute atomic E-state index is 0.0538. The number of hydrogen-bond donors (Lipinski definition) is 1. The molecule has 20 heavy (non-hydrogen) atoms. The second-order valence-electron chi connectivity index (χ2n) is 5.94. The van der Waals surface area contributed by atoms with Gasteiger partial charge in [0.25, 0.3) is 0 Å². The maximum Gasteiger partial charge on any atom is 0.153 e. The predicted octanol–water partition coefficient (Wildman–Crippen LogP) is 2.66. The third-order valence-corrected chi connectivity index (χ3v) is 4.59. The van der Waals surface area contributed by atoms with E-state index in [4.69, 9.17) is 4.74 Å². The molecule has 0 spiro atoms. The molecule has 1 aromatic carbocycles. The molecule has 1 N–H and O–H groups in total. The summed E-state index contributed by atoms with van der Waals surface area (Å²) in [5, 5.41) is 3.21. The van der Waals surface area contributed by atoms with Gasteiger partial charge in [0.2, 0.25) is 0 Å². The lowest BCUT2D eigenvalue weighted by Gasteiger charge is -2.29. The van der Waals surface area contributed by atoms with Crippen LogP contribution in [0.15, 0.2) is 30.3 Å². The molecule has 0 radical (unpaired) electrons. The van der Waals surface area contributed by atoms with E-state index in [0.29, 0.717) is 30.8 Å². The van der Waals surface area contributed by atoms with Crippen molar-refractivity contribution in [1.29, 1.82) is 0 Å². The maximum atomic E-state index is 11.5. The highest BCUT2D eigenvalue weighted by Gasteiger charge is 2.27. The third kappa shape index (κ3) is 3.28. The number of rotatable bonds is 4. The lowest BCUT2D eigenvalue weighted by Crippen LogP contribution is -2.34. The summed E-state index contributed by atoms with van der Waals surface area (Å²) in [5.41, 5.74) is 1.46. The van der Waals surface area contributed by atoms with Gasteiger partial charge < -0.3 is 10.1 Å². The molecule has 1 atom stereocenters. The molecule has 2 aliphatic rings. The fourth-order valence-corrected chi connectivity index (χ4v) is 3.33. The van der Waals surface area contributed by atoms with E-state index in [2.05, 4.69) is 35.6 Å². The monoisotopic (exact) mass is 273 g/mol. The van der Waals surface area contributed by atoms with Crippen molar-refractivity contribution >= 4 is 5.78 Å². The van der Waals surface area contributed by atoms with Crippen LogP contribution < -0.4 is 5.32 Å². The van der Waals surface area contributed by atoms with Gasteiger partial charge in [-0.05, 0) is 37.2 Å². The number of carbonyl (C=O) groups excluding carboxylic acids is 1. The minimum Gasteiger partial charge on any atom is -0.376 e. The molecular weight excluding hydrogens is 250 g/mol. The van der Waals surface area contributed by atoms with Gasteiger partial charge in [0, 0.05) is 13.0 Å². The Morgan fingerprint density at radius 2 is 1.85 bits per heavy atom. The number of benzene rings is 1. The fourth-order valence-electron chi connectivity index (χ4n) is 3.33. The largest absolute Gasteiger partial charge is 0.376 e. The molecule has 3 heteroatoms. The smallest absolute Gasteiger partial charge is 0.153 e. The molecule has 1 saturated heterocycles. The van der Waals surface area contributed by atoms with E-state index in [9.17, 15) is 4.79 Å². The van der Waals surface area contributed by atoms with Crippen LogP contribution in [0.2, 0.25) is 0 Å². The molecule has 1 unspecified atom stereocenters. The van der Waals surface area contributed by atoms with Crippen LogP contribution in [0.3, 0.4) is 0 Å². The summed E-state index contributed by atoms with van der Waals surface area (Å²) in [6.45, 7) is 1.37. The summed E-state index contributed by atoms with van der Waals surface area (Å²) in [6, 6.07) is 10.7. The molecule has 3 rings (SSSR count). The highest BCUT2D eigenvalue weighted by molar-refractivity contribution is 5.86. The second-order valence-corrected chi connectivity index (χ2v) is 5.94. The molecular formula is C17H23NO2. The summed E-state index contributed by atoms with van der Waals surface area (Å²) in [4.78, 5) is 11.5. The summed E-state index contributed by atoms with van der Waals surface area (Å²) >= 11 is 0. The Hall–Kier alpha value is -1.19. The first-order valence-corrected chi connectivity index (χ1v) is 7.75. The highest BCUT2D eigenvalue weighted by atomic mass is 16.5. The van der Waals surface area contributed by atoms with E-state index in [1.807, 2.05) is 0 Å². The second kappa shape index (κ2) is 6.51. The van der Waals surface area contributed by atoms with Crippen molar-refractivity contribution in [1.82, 2.24) is 5.32 Å². The summed E-state index contributed by atoms with van der Waals surface area (Å²) in [7, 11) is 0. The highest BCUT2D eigenvalue weighted by Crippen LogP contribution is 2.33. The van der Waals surface area contributed by atoms with Gasteiger partial charge in [-0.25, -0.2) is 0 Å². The standard InChI is InChI=1S/C17H23NO2/c19-17-10-11-18-16(17)12-20-15-8-6-14(7-9-15)13-4-2-1-3-5-13/h1-5,14-16,18H,6-12H2. The van der Waals surface area contributed by atoms with E-state index in [1.54, 1.807) is 0 Å². The van der Waals surface area contributed by atoms with Gasteiger partial charge in [-0.15, -0.1) is 0 Å². The Kier molecular flexibility index (Phi) is 4.48. The summed E-state index contributed by atoms with van der Waals surface area (Å²) in [5.74, 6) is 0.991. The van der Waals surface area contributed by atoms with Gasteiger partial charge >= 0.3 is 0 Å². The number of ether oxygens (including phenoxy) is 1. The Morgan fingerprint density at radius 3 is 2.50 bits per heavy atom. The lowest BCUT2D eigenvalue weighted by atomic mass is 9.83. The molecule has 108 valence electrons. The third-order valence-electron chi connectivity index (χ3n) is 4.59. The van der Waals surface area contributed by atoms with Crippen LogP contribution in [0.4, 0.5) is 0 Å². The zero-order chi connectivity index (χ0) is 13.8. The van der Waals surface area contributed by atoms with Crippen molar-refractivity contribution in [2.24, 2.45) is 0 Å². The van der Waals surface area contributed by atoms with Crippen molar-refractivity contribution in [3.63, 3.8) is 0 Å². The van der Waals surface area contributed by atoms with Gasteiger partial charge in [0.1, 0.15) is 0 Å². The Morgan fingerprint density at radius 1 is 1.10 bits per heavy atom. The zero-order valence-electron chi connectivity index (χ0n) is 11.9. The fraction of sp³-hybridized carbons (Fsp3) is 0.588. The van der Waals surface area contributed by atoms with Crippen molar-refractivity contribution in [3.8, 4) is 0 Å². The maximum absolute atomic E-state index is 11.5. The molecule has 3 nitrogen and oxygen atoms in total. The number of nitrogens with one attached hydrogen (secondary N) is 1. The molecule has 2 fully saturated rings. The lowest BCUT2D eigenvalue weighted by molar-refractivity contribution is -0.120. The van der Waals surface area contributed by atoms with E-state index < -0.39 is 0 Å². The predicted molar refractivity (Wildman–Crippen MR) is 78.8 cm³/mol. The molecule has 1 aliphatic carbocycles. The first-order chi connectivity index (χ1) is 9.83. The Labute approximate surface area is 120 Å². The van der Waals surface area contributed by atoms with Crippen LogP contribution in [0.25, 0.3) is 0 Å². The molecule has 1 aliphatic heterocycles. The first-order valence-electron chi connectivity index (χ1n) is 7.75. The van der Waals surface area contributed by atoms with E-state index >= 15 is 0 Å². The van der Waals surface area contributed by atoms with Gasteiger partial charge in [-0.2, -0.15) is 0 Å². The van der Waals surface area contributed by atoms with Gasteiger partial charge in [0.05, 0.1) is 18.8 Å². The molecule has 1 aromatic rings. The normalized spacial score (nSPS) is 30.6. The SMILES string of the molecule is O=C1CCNC1COC1CCC(c2ccccc2)CC1. The Bertz CT molecular complexity index is 438. The van der Waals surface area contributed by atoms with E-state index in [0.717, 1.165) is 19.4 Å². The quantitative estimate of drug-likeness (QED) is 0.916. The number of Topliss-reactive ketones (excluding diaryl/α,β-unsaturated/α-hetero) is 1. The Balaban J connectivity index is 1.43. The van der Waals surface area contributed by atoms with E-state index in [1.165, 1.54) is 18.4 Å². The van der Waals surface area contributed by atoms with Crippen LogP contribution in [-0.2, 0) is 9.53 Å². The molecule has 0 bridgehead atoms. The van der Waals surface area contributed by atoms with Crippen LogP contribution in [0, 0.1) is 0 Å². The van der Waals surface area contributed by atoms with Crippen molar-refractivity contribution in [3.05, 3.63) is 35.9 Å². The van der Waals surface area contributed by atoms with Crippen LogP contribution >= 0.6 is 0 Å². The van der Waals surface area contributed by atoms with Gasteiger partial charge in [-0.3, -0.25) is 4.79 Å². The molecule has 1 saturated carbocycles. The average molecular weight is 273 g/mol. The van der Waals surface area contributed by atoms with E-state index in [-0.39, 0.29) is 6.04 Å². The van der Waals surface area contributed by atoms with Crippen LogP contribution in [-0.4, -0.2) is 31.1 Å². The number of carbonyl (C=O) groups is 1.